The van der Waals surface area contributed by atoms with E-state index in [1.54, 1.807) is 0 Å². The van der Waals surface area contributed by atoms with Crippen molar-refractivity contribution in [3.05, 3.63) is 34.4 Å². The smallest absolute Gasteiger partial charge is 0.195 e. The first-order chi connectivity index (χ1) is 6.43. The van der Waals surface area contributed by atoms with Crippen LogP contribution >= 0.6 is 9.24 Å². The van der Waals surface area contributed by atoms with Crippen molar-refractivity contribution in [2.75, 3.05) is 0 Å². The van der Waals surface area contributed by atoms with Crippen molar-refractivity contribution in [2.45, 2.75) is 26.6 Å². The molecule has 1 aromatic rings. The molecule has 2 unspecified atom stereocenters. The number of aliphatic hydroxyl groups excluding tert-OH is 1. The van der Waals surface area contributed by atoms with Gasteiger partial charge in [0.25, 0.3) is 0 Å². The Morgan fingerprint density at radius 3 is 2.07 bits per heavy atom. The van der Waals surface area contributed by atoms with Gasteiger partial charge in [0, 0.05) is 5.56 Å². The zero-order chi connectivity index (χ0) is 10.9. The molecule has 1 aromatic carbocycles. The van der Waals surface area contributed by atoms with Crippen LogP contribution < -0.4 is 0 Å². The molecule has 0 saturated heterocycles. The minimum atomic E-state index is -1.00. The molecule has 0 aliphatic carbocycles. The van der Waals surface area contributed by atoms with Gasteiger partial charge >= 0.3 is 0 Å². The van der Waals surface area contributed by atoms with Crippen molar-refractivity contribution in [3.8, 4) is 0 Å². The second kappa shape index (κ2) is 4.20. The van der Waals surface area contributed by atoms with E-state index in [2.05, 4.69) is 9.24 Å². The summed E-state index contributed by atoms with van der Waals surface area (Å²) in [6.07, 6.45) is 0. The Kier molecular flexibility index (Phi) is 3.41. The molecule has 2 nitrogen and oxygen atoms in total. The molecule has 0 heterocycles. The van der Waals surface area contributed by atoms with Gasteiger partial charge in [0.1, 0.15) is 5.85 Å². The van der Waals surface area contributed by atoms with E-state index in [0.717, 1.165) is 16.7 Å². The predicted octanol–water partition coefficient (Wildman–Crippen LogP) is 1.99. The van der Waals surface area contributed by atoms with Crippen LogP contribution in [0.1, 0.15) is 27.0 Å². The zero-order valence-corrected chi connectivity index (χ0v) is 9.82. The van der Waals surface area contributed by atoms with Crippen molar-refractivity contribution in [2.24, 2.45) is 0 Å². The minimum absolute atomic E-state index is 0.231. The molecule has 0 aliphatic heterocycles. The molecule has 0 fully saturated rings. The number of ketones is 1. The fraction of sp³-hybridized carbons (Fsp3) is 0.364. The number of aryl methyl sites for hydroxylation is 3. The fourth-order valence-electron chi connectivity index (χ4n) is 1.72. The van der Waals surface area contributed by atoms with Crippen molar-refractivity contribution >= 4 is 15.0 Å². The Morgan fingerprint density at radius 2 is 1.71 bits per heavy atom. The molecule has 0 bridgehead atoms. The molecule has 0 radical (unpaired) electrons. The molecule has 0 spiro atoms. The van der Waals surface area contributed by atoms with E-state index < -0.39 is 5.85 Å². The number of carbonyl (C=O) groups excluding carboxylic acids is 1. The number of aliphatic hydroxyl groups is 1. The number of Topliss-reactive ketones (excluding diaryl/α,β-unsaturated/α-hetero) is 1. The van der Waals surface area contributed by atoms with Crippen LogP contribution in [0.15, 0.2) is 12.1 Å². The molecule has 76 valence electrons. The Balaban J connectivity index is 3.28. The highest BCUT2D eigenvalue weighted by molar-refractivity contribution is 7.19. The highest BCUT2D eigenvalue weighted by Gasteiger charge is 2.16. The fourth-order valence-corrected chi connectivity index (χ4v) is 1.88. The van der Waals surface area contributed by atoms with Gasteiger partial charge in [-0.2, -0.15) is 0 Å². The predicted molar refractivity (Wildman–Crippen MR) is 60.7 cm³/mol. The quantitative estimate of drug-likeness (QED) is 0.598. The molecule has 0 aliphatic rings. The van der Waals surface area contributed by atoms with Crippen LogP contribution in [-0.2, 0) is 0 Å². The molecule has 14 heavy (non-hydrogen) atoms. The number of hydrogen-bond donors (Lipinski definition) is 1. The molecule has 0 aromatic heterocycles. The van der Waals surface area contributed by atoms with Crippen LogP contribution in [0, 0.1) is 20.8 Å². The first-order valence-corrected chi connectivity index (χ1v) is 5.16. The summed E-state index contributed by atoms with van der Waals surface area (Å²) in [6.45, 7) is 5.77. The molecule has 0 saturated carbocycles. The number of rotatable bonds is 2. The Hall–Kier alpha value is -0.720. The Labute approximate surface area is 86.5 Å². The summed E-state index contributed by atoms with van der Waals surface area (Å²) in [6, 6.07) is 3.90. The van der Waals surface area contributed by atoms with Crippen molar-refractivity contribution in [1.29, 1.82) is 0 Å². The molecular formula is C11H15O2P. The highest BCUT2D eigenvalue weighted by Crippen LogP contribution is 2.19. The summed E-state index contributed by atoms with van der Waals surface area (Å²) < 4.78 is 0. The Morgan fingerprint density at radius 1 is 1.29 bits per heavy atom. The number of benzene rings is 1. The van der Waals surface area contributed by atoms with E-state index in [1.165, 1.54) is 0 Å². The van der Waals surface area contributed by atoms with Crippen LogP contribution in [0.4, 0.5) is 0 Å². The maximum atomic E-state index is 11.6. The van der Waals surface area contributed by atoms with Gasteiger partial charge in [-0.25, -0.2) is 0 Å². The summed E-state index contributed by atoms with van der Waals surface area (Å²) in [5, 5.41) is 9.21. The lowest BCUT2D eigenvalue weighted by Gasteiger charge is -2.11. The summed E-state index contributed by atoms with van der Waals surface area (Å²) in [5.41, 5.74) is 3.62. The summed E-state index contributed by atoms with van der Waals surface area (Å²) in [4.78, 5) is 11.6. The van der Waals surface area contributed by atoms with E-state index in [4.69, 9.17) is 0 Å². The average molecular weight is 210 g/mol. The van der Waals surface area contributed by atoms with Crippen molar-refractivity contribution in [1.82, 2.24) is 0 Å². The van der Waals surface area contributed by atoms with E-state index in [1.807, 2.05) is 32.9 Å². The highest BCUT2D eigenvalue weighted by atomic mass is 31.0. The van der Waals surface area contributed by atoms with Crippen LogP contribution in [0.5, 0.6) is 0 Å². The SMILES string of the molecule is Cc1cc(C)c(C(=O)C(O)P)c(C)c1. The van der Waals surface area contributed by atoms with Gasteiger partial charge in [0.15, 0.2) is 5.78 Å². The maximum absolute atomic E-state index is 11.6. The lowest BCUT2D eigenvalue weighted by molar-refractivity contribution is 0.0866. The standard InChI is InChI=1S/C11H15O2P/c1-6-4-7(2)9(8(3)5-6)10(12)11(13)14/h4-5,11,13H,14H2,1-3H3. The lowest BCUT2D eigenvalue weighted by Crippen LogP contribution is -2.16. The Bertz CT molecular complexity index is 347. The van der Waals surface area contributed by atoms with Gasteiger partial charge in [0.05, 0.1) is 0 Å². The molecule has 0 amide bonds. The summed E-state index contributed by atoms with van der Waals surface area (Å²) in [7, 11) is 2.11. The second-order valence-electron chi connectivity index (χ2n) is 3.58. The van der Waals surface area contributed by atoms with E-state index in [-0.39, 0.29) is 5.78 Å². The first-order valence-electron chi connectivity index (χ1n) is 4.49. The third kappa shape index (κ3) is 2.20. The third-order valence-electron chi connectivity index (χ3n) is 2.19. The molecule has 2 atom stereocenters. The van der Waals surface area contributed by atoms with Gasteiger partial charge < -0.3 is 5.11 Å². The van der Waals surface area contributed by atoms with E-state index >= 15 is 0 Å². The second-order valence-corrected chi connectivity index (χ2v) is 4.21. The monoisotopic (exact) mass is 210 g/mol. The van der Waals surface area contributed by atoms with Crippen LogP contribution in [-0.4, -0.2) is 16.7 Å². The number of carbonyl (C=O) groups is 1. The first kappa shape index (κ1) is 11.4. The summed E-state index contributed by atoms with van der Waals surface area (Å²) in [5.74, 6) is -1.24. The summed E-state index contributed by atoms with van der Waals surface area (Å²) >= 11 is 0. The van der Waals surface area contributed by atoms with Crippen molar-refractivity contribution in [3.63, 3.8) is 0 Å². The molecular weight excluding hydrogens is 195 g/mol. The largest absolute Gasteiger partial charge is 0.381 e. The number of hydrogen-bond acceptors (Lipinski definition) is 2. The van der Waals surface area contributed by atoms with Gasteiger partial charge in [-0.3, -0.25) is 4.79 Å². The van der Waals surface area contributed by atoms with Gasteiger partial charge in [0.2, 0.25) is 0 Å². The van der Waals surface area contributed by atoms with Gasteiger partial charge in [-0.05, 0) is 31.9 Å². The molecule has 1 rings (SSSR count). The van der Waals surface area contributed by atoms with Crippen molar-refractivity contribution < 1.29 is 9.90 Å². The van der Waals surface area contributed by atoms with Gasteiger partial charge in [-0.1, -0.05) is 26.9 Å². The van der Waals surface area contributed by atoms with Crippen LogP contribution in [0.3, 0.4) is 0 Å². The minimum Gasteiger partial charge on any atom is -0.381 e. The third-order valence-corrected chi connectivity index (χ3v) is 2.49. The molecule has 3 heteroatoms. The lowest BCUT2D eigenvalue weighted by atomic mass is 9.97. The van der Waals surface area contributed by atoms with Gasteiger partial charge in [-0.15, -0.1) is 0 Å². The van der Waals surface area contributed by atoms with Crippen LogP contribution in [0.25, 0.3) is 0 Å². The van der Waals surface area contributed by atoms with E-state index in [9.17, 15) is 9.90 Å². The molecule has 1 N–H and O–H groups in total. The zero-order valence-electron chi connectivity index (χ0n) is 8.66. The normalized spacial score (nSPS) is 12.6. The van der Waals surface area contributed by atoms with E-state index in [0.29, 0.717) is 5.56 Å². The van der Waals surface area contributed by atoms with Crippen LogP contribution in [0.2, 0.25) is 0 Å². The maximum Gasteiger partial charge on any atom is 0.195 e. The average Bonchev–Trinajstić information content (AvgIpc) is 2.01. The topological polar surface area (TPSA) is 37.3 Å².